The molecule has 1 aliphatic rings. The lowest BCUT2D eigenvalue weighted by Crippen LogP contribution is -2.34. The molecule has 2 heterocycles. The van der Waals surface area contributed by atoms with Crippen LogP contribution in [-0.4, -0.2) is 48.2 Å². The number of hydrogen-bond acceptors (Lipinski definition) is 7. The zero-order valence-electron chi connectivity index (χ0n) is 12.4. The van der Waals surface area contributed by atoms with E-state index >= 15 is 0 Å². The van der Waals surface area contributed by atoms with Gasteiger partial charge in [0.05, 0.1) is 18.7 Å². The molecule has 0 aromatic carbocycles. The molecule has 0 radical (unpaired) electrons. The van der Waals surface area contributed by atoms with Crippen molar-refractivity contribution >= 4 is 17.8 Å². The Labute approximate surface area is 137 Å². The van der Waals surface area contributed by atoms with Gasteiger partial charge in [0.25, 0.3) is 5.92 Å². The molecule has 1 aromatic rings. The minimum atomic E-state index is -5.34. The Bertz CT molecular complexity index is 680. The Balaban J connectivity index is 2.07. The largest absolute Gasteiger partial charge is 0.491 e. The summed E-state index contributed by atoms with van der Waals surface area (Å²) >= 11 is 0. The number of anilines is 1. The highest BCUT2D eigenvalue weighted by Crippen LogP contribution is 2.26. The zero-order chi connectivity index (χ0) is 18.8. The van der Waals surface area contributed by atoms with Crippen LogP contribution in [0.2, 0.25) is 0 Å². The maximum atomic E-state index is 13.4. The summed E-state index contributed by atoms with van der Waals surface area (Å²) in [5, 5.41) is 2.44. The van der Waals surface area contributed by atoms with Gasteiger partial charge in [-0.05, 0) is 6.07 Å². The Morgan fingerprint density at radius 3 is 2.64 bits per heavy atom. The van der Waals surface area contributed by atoms with Gasteiger partial charge in [0.15, 0.2) is 0 Å². The summed E-state index contributed by atoms with van der Waals surface area (Å²) in [5.41, 5.74) is 4.99. The standard InChI is InChI=1S/C13H12F5N3O4/c14-12(15)5-20-3-8(12)24-4-7-1-6(2-21-9(7)19)10(22)25-11(23)13(16,17)18/h1-2,8,20H,3-5H2,(H2,19,21). The highest BCUT2D eigenvalue weighted by atomic mass is 19.4. The highest BCUT2D eigenvalue weighted by Gasteiger charge is 2.45. The lowest BCUT2D eigenvalue weighted by atomic mass is 10.2. The minimum absolute atomic E-state index is 0.0170. The van der Waals surface area contributed by atoms with E-state index in [1.165, 1.54) is 0 Å². The number of esters is 2. The summed E-state index contributed by atoms with van der Waals surface area (Å²) in [6.45, 7) is -1.13. The van der Waals surface area contributed by atoms with Crippen molar-refractivity contribution in [1.29, 1.82) is 0 Å². The number of pyridine rings is 1. The molecule has 25 heavy (non-hydrogen) atoms. The van der Waals surface area contributed by atoms with Crippen LogP contribution in [0.5, 0.6) is 0 Å². The first-order chi connectivity index (χ1) is 11.5. The number of aromatic nitrogens is 1. The Morgan fingerprint density at radius 2 is 2.08 bits per heavy atom. The second kappa shape index (κ2) is 6.88. The highest BCUT2D eigenvalue weighted by molar-refractivity contribution is 5.98. The van der Waals surface area contributed by atoms with E-state index in [4.69, 9.17) is 10.5 Å². The number of nitrogens with one attached hydrogen (secondary N) is 1. The number of carbonyl (C=O) groups is 2. The fourth-order valence-electron chi connectivity index (χ4n) is 1.95. The maximum absolute atomic E-state index is 13.4. The Morgan fingerprint density at radius 1 is 1.40 bits per heavy atom. The van der Waals surface area contributed by atoms with Crippen LogP contribution in [0.4, 0.5) is 27.8 Å². The zero-order valence-corrected chi connectivity index (χ0v) is 12.4. The second-order valence-corrected chi connectivity index (χ2v) is 5.13. The molecule has 2 rings (SSSR count). The van der Waals surface area contributed by atoms with Crippen molar-refractivity contribution < 1.29 is 41.0 Å². The quantitative estimate of drug-likeness (QED) is 0.464. The van der Waals surface area contributed by atoms with E-state index in [1.54, 1.807) is 0 Å². The van der Waals surface area contributed by atoms with E-state index in [2.05, 4.69) is 15.0 Å². The van der Waals surface area contributed by atoms with Crippen molar-refractivity contribution in [2.45, 2.75) is 24.8 Å². The molecule has 1 fully saturated rings. The monoisotopic (exact) mass is 369 g/mol. The lowest BCUT2D eigenvalue weighted by Gasteiger charge is -2.18. The van der Waals surface area contributed by atoms with Gasteiger partial charge in [-0.25, -0.2) is 23.4 Å². The van der Waals surface area contributed by atoms with Gasteiger partial charge in [-0.3, -0.25) is 0 Å². The van der Waals surface area contributed by atoms with Crippen LogP contribution in [0.1, 0.15) is 15.9 Å². The molecule has 0 bridgehead atoms. The van der Waals surface area contributed by atoms with Crippen LogP contribution in [-0.2, 0) is 20.9 Å². The van der Waals surface area contributed by atoms with Gasteiger partial charge in [-0.2, -0.15) is 13.2 Å². The molecule has 0 amide bonds. The Hall–Kier alpha value is -2.34. The number of halogens is 5. The fourth-order valence-corrected chi connectivity index (χ4v) is 1.95. The third-order valence-electron chi connectivity index (χ3n) is 3.26. The van der Waals surface area contributed by atoms with Gasteiger partial charge in [0.2, 0.25) is 0 Å². The van der Waals surface area contributed by atoms with Crippen LogP contribution >= 0.6 is 0 Å². The minimum Gasteiger partial charge on any atom is -0.383 e. The van der Waals surface area contributed by atoms with E-state index in [-0.39, 0.29) is 17.9 Å². The van der Waals surface area contributed by atoms with E-state index < -0.39 is 48.9 Å². The molecule has 12 heteroatoms. The predicted molar refractivity (Wildman–Crippen MR) is 71.5 cm³/mol. The van der Waals surface area contributed by atoms with Gasteiger partial charge in [-0.1, -0.05) is 0 Å². The van der Waals surface area contributed by atoms with Gasteiger partial charge >= 0.3 is 18.1 Å². The lowest BCUT2D eigenvalue weighted by molar-refractivity contribution is -0.193. The van der Waals surface area contributed by atoms with Crippen molar-refractivity contribution in [2.24, 2.45) is 0 Å². The molecule has 1 aliphatic heterocycles. The Kier molecular flexibility index (Phi) is 5.23. The second-order valence-electron chi connectivity index (χ2n) is 5.13. The van der Waals surface area contributed by atoms with Crippen molar-refractivity contribution in [3.05, 3.63) is 23.4 Å². The molecular weight excluding hydrogens is 357 g/mol. The van der Waals surface area contributed by atoms with E-state index in [0.29, 0.717) is 0 Å². The number of ether oxygens (including phenoxy) is 2. The third-order valence-corrected chi connectivity index (χ3v) is 3.26. The average Bonchev–Trinajstić information content (AvgIpc) is 2.84. The fraction of sp³-hybridized carbons (Fsp3) is 0.462. The molecular formula is C13H12F5N3O4. The first-order valence-corrected chi connectivity index (χ1v) is 6.78. The van der Waals surface area contributed by atoms with E-state index in [0.717, 1.165) is 12.3 Å². The molecule has 0 aliphatic carbocycles. The van der Waals surface area contributed by atoms with Crippen molar-refractivity contribution in [1.82, 2.24) is 10.3 Å². The number of carbonyl (C=O) groups excluding carboxylic acids is 2. The van der Waals surface area contributed by atoms with Crippen molar-refractivity contribution in [3.8, 4) is 0 Å². The summed E-state index contributed by atoms with van der Waals surface area (Å²) in [7, 11) is 0. The average molecular weight is 369 g/mol. The molecule has 0 spiro atoms. The molecule has 138 valence electrons. The number of alkyl halides is 5. The number of nitrogens with two attached hydrogens (primary N) is 1. The van der Waals surface area contributed by atoms with Gasteiger partial charge in [0.1, 0.15) is 11.9 Å². The van der Waals surface area contributed by atoms with Crippen LogP contribution in [0, 0.1) is 0 Å². The van der Waals surface area contributed by atoms with E-state index in [1.807, 2.05) is 0 Å². The van der Waals surface area contributed by atoms with Crippen LogP contribution < -0.4 is 11.1 Å². The van der Waals surface area contributed by atoms with Gasteiger partial charge < -0.3 is 20.5 Å². The summed E-state index contributed by atoms with van der Waals surface area (Å²) in [6, 6.07) is 0.953. The predicted octanol–water partition coefficient (Wildman–Crippen LogP) is 1.03. The first-order valence-electron chi connectivity index (χ1n) is 6.78. The summed E-state index contributed by atoms with van der Waals surface area (Å²) < 4.78 is 71.7. The molecule has 0 saturated carbocycles. The van der Waals surface area contributed by atoms with Gasteiger partial charge in [-0.15, -0.1) is 0 Å². The molecule has 1 aromatic heterocycles. The molecule has 3 N–H and O–H groups in total. The van der Waals surface area contributed by atoms with E-state index in [9.17, 15) is 31.5 Å². The number of nitrogen functional groups attached to an aromatic ring is 1. The first kappa shape index (κ1) is 19.0. The van der Waals surface area contributed by atoms with Crippen LogP contribution in [0.15, 0.2) is 12.3 Å². The number of nitrogens with zero attached hydrogens (tertiary/aromatic N) is 1. The van der Waals surface area contributed by atoms with Crippen molar-refractivity contribution in [2.75, 3.05) is 18.8 Å². The number of hydrogen-bond donors (Lipinski definition) is 2. The number of rotatable bonds is 4. The smallest absolute Gasteiger partial charge is 0.383 e. The summed E-state index contributed by atoms with van der Waals surface area (Å²) in [5.74, 6) is -7.57. The molecule has 1 atom stereocenters. The van der Waals surface area contributed by atoms with Crippen LogP contribution in [0.3, 0.4) is 0 Å². The summed E-state index contributed by atoms with van der Waals surface area (Å²) in [6.07, 6.45) is -5.99. The molecule has 1 saturated heterocycles. The molecule has 1 unspecified atom stereocenters. The topological polar surface area (TPSA) is 104 Å². The SMILES string of the molecule is Nc1ncc(C(=O)OC(=O)C(F)(F)F)cc1COC1CNCC1(F)F. The normalized spacial score (nSPS) is 19.6. The third kappa shape index (κ3) is 4.60. The van der Waals surface area contributed by atoms with Gasteiger partial charge in [0, 0.05) is 18.3 Å². The maximum Gasteiger partial charge on any atom is 0.491 e. The van der Waals surface area contributed by atoms with Crippen molar-refractivity contribution in [3.63, 3.8) is 0 Å². The molecule has 7 nitrogen and oxygen atoms in total. The van der Waals surface area contributed by atoms with Crippen LogP contribution in [0.25, 0.3) is 0 Å². The summed E-state index contributed by atoms with van der Waals surface area (Å²) in [4.78, 5) is 25.7.